The fourth-order valence-electron chi connectivity index (χ4n) is 4.65. The summed E-state index contributed by atoms with van der Waals surface area (Å²) >= 11 is 0. The van der Waals surface area contributed by atoms with Gasteiger partial charge in [-0.2, -0.15) is 5.26 Å². The first-order chi connectivity index (χ1) is 16.2. The Morgan fingerprint density at radius 2 is 1.91 bits per heavy atom. The van der Waals surface area contributed by atoms with Crippen LogP contribution < -0.4 is 10.6 Å². The van der Waals surface area contributed by atoms with Crippen LogP contribution in [-0.4, -0.2) is 52.2 Å². The van der Waals surface area contributed by atoms with Gasteiger partial charge >= 0.3 is 12.1 Å². The maximum Gasteiger partial charge on any atom is 0.410 e. The van der Waals surface area contributed by atoms with Crippen molar-refractivity contribution < 1.29 is 14.3 Å². The van der Waals surface area contributed by atoms with E-state index >= 15 is 0 Å². The first kappa shape index (κ1) is 23.5. The number of anilines is 1. The van der Waals surface area contributed by atoms with Gasteiger partial charge in [0.15, 0.2) is 0 Å². The van der Waals surface area contributed by atoms with Crippen molar-refractivity contribution in [1.82, 2.24) is 14.9 Å². The van der Waals surface area contributed by atoms with E-state index in [-0.39, 0.29) is 12.0 Å². The predicted molar refractivity (Wildman–Crippen MR) is 127 cm³/mol. The van der Waals surface area contributed by atoms with E-state index in [4.69, 9.17) is 10.5 Å². The highest BCUT2D eigenvalue weighted by molar-refractivity contribution is 5.91. The van der Waals surface area contributed by atoms with Gasteiger partial charge in [0, 0.05) is 49.4 Å². The number of amides is 3. The molecular formula is C25H30N6O3. The van der Waals surface area contributed by atoms with Crippen LogP contribution in [0, 0.1) is 11.3 Å². The molecule has 2 aromatic heterocycles. The zero-order valence-corrected chi connectivity index (χ0v) is 19.9. The van der Waals surface area contributed by atoms with E-state index in [1.165, 1.54) is 4.90 Å². The minimum atomic E-state index is -0.530. The SMILES string of the molecule is CC(C)(C)OC(=O)N1CCC(c2cncc(-c3cnc4c(c3)CCCN4C(N)=O)c2C#N)CC1. The van der Waals surface area contributed by atoms with Gasteiger partial charge in [0.1, 0.15) is 17.5 Å². The van der Waals surface area contributed by atoms with Crippen molar-refractivity contribution in [3.63, 3.8) is 0 Å². The zero-order valence-electron chi connectivity index (χ0n) is 19.9. The lowest BCUT2D eigenvalue weighted by molar-refractivity contribution is 0.0204. The Bertz CT molecular complexity index is 1140. The van der Waals surface area contributed by atoms with Gasteiger partial charge in [-0.05, 0) is 69.6 Å². The minimum Gasteiger partial charge on any atom is -0.444 e. The van der Waals surface area contributed by atoms with Gasteiger partial charge in [-0.25, -0.2) is 14.6 Å². The standard InChI is InChI=1S/C25H30N6O3/c1-25(2,3)34-24(33)30-9-6-16(7-10-30)20-14-28-15-21(19(20)12-26)18-11-17-5-4-8-31(23(27)32)22(17)29-13-18/h11,13-16H,4-10H2,1-3H3,(H2,27,32). The molecule has 0 aromatic carbocycles. The number of fused-ring (bicyclic) bond motifs is 1. The average molecular weight is 463 g/mol. The molecule has 178 valence electrons. The van der Waals surface area contributed by atoms with Gasteiger partial charge in [-0.1, -0.05) is 0 Å². The van der Waals surface area contributed by atoms with Crippen LogP contribution in [0.5, 0.6) is 0 Å². The zero-order chi connectivity index (χ0) is 24.5. The number of ether oxygens (including phenoxy) is 1. The van der Waals surface area contributed by atoms with E-state index in [0.29, 0.717) is 31.0 Å². The van der Waals surface area contributed by atoms with Crippen LogP contribution in [0.15, 0.2) is 24.7 Å². The number of carbonyl (C=O) groups excluding carboxylic acids is 2. The molecule has 34 heavy (non-hydrogen) atoms. The molecule has 0 unspecified atom stereocenters. The van der Waals surface area contributed by atoms with Crippen LogP contribution in [0.4, 0.5) is 15.4 Å². The summed E-state index contributed by atoms with van der Waals surface area (Å²) in [6, 6.07) is 3.84. The van der Waals surface area contributed by atoms with Gasteiger partial charge in [-0.15, -0.1) is 0 Å². The van der Waals surface area contributed by atoms with Crippen LogP contribution in [0.25, 0.3) is 11.1 Å². The number of nitrogens with two attached hydrogens (primary N) is 1. The third-order valence-electron chi connectivity index (χ3n) is 6.28. The summed E-state index contributed by atoms with van der Waals surface area (Å²) in [5.41, 5.74) is 8.89. The second-order valence-corrected chi connectivity index (χ2v) is 9.80. The first-order valence-electron chi connectivity index (χ1n) is 11.6. The summed E-state index contributed by atoms with van der Waals surface area (Å²) in [6.07, 6.45) is 7.88. The van der Waals surface area contributed by atoms with E-state index in [9.17, 15) is 14.9 Å². The summed E-state index contributed by atoms with van der Waals surface area (Å²) in [4.78, 5) is 36.3. The van der Waals surface area contributed by atoms with Gasteiger partial charge in [0.05, 0.1) is 5.56 Å². The number of piperidine rings is 1. The van der Waals surface area contributed by atoms with Crippen molar-refractivity contribution >= 4 is 17.9 Å². The van der Waals surface area contributed by atoms with Crippen LogP contribution in [0.1, 0.15) is 62.6 Å². The number of hydrogen-bond donors (Lipinski definition) is 1. The molecule has 4 rings (SSSR count). The molecule has 2 aliphatic rings. The van der Waals surface area contributed by atoms with Crippen molar-refractivity contribution in [1.29, 1.82) is 5.26 Å². The molecule has 1 fully saturated rings. The highest BCUT2D eigenvalue weighted by atomic mass is 16.6. The number of rotatable bonds is 2. The molecule has 2 aliphatic heterocycles. The van der Waals surface area contributed by atoms with Gasteiger partial charge in [-0.3, -0.25) is 9.88 Å². The number of nitriles is 1. The summed E-state index contributed by atoms with van der Waals surface area (Å²) in [5.74, 6) is 0.705. The predicted octanol–water partition coefficient (Wildman–Crippen LogP) is 3.96. The quantitative estimate of drug-likeness (QED) is 0.720. The van der Waals surface area contributed by atoms with Crippen LogP contribution in [0.3, 0.4) is 0 Å². The molecule has 1 saturated heterocycles. The number of primary amides is 1. The Hall–Kier alpha value is -3.67. The van der Waals surface area contributed by atoms with Gasteiger partial charge < -0.3 is 15.4 Å². The molecule has 9 heteroatoms. The van der Waals surface area contributed by atoms with Crippen molar-refractivity contribution in [2.24, 2.45) is 5.73 Å². The number of urea groups is 1. The second-order valence-electron chi connectivity index (χ2n) is 9.80. The van der Waals surface area contributed by atoms with E-state index in [1.54, 1.807) is 23.5 Å². The summed E-state index contributed by atoms with van der Waals surface area (Å²) in [6.45, 7) is 7.26. The monoisotopic (exact) mass is 462 g/mol. The van der Waals surface area contributed by atoms with E-state index in [0.717, 1.165) is 47.9 Å². The molecule has 0 bridgehead atoms. The Labute approximate surface area is 199 Å². The summed E-state index contributed by atoms with van der Waals surface area (Å²) in [7, 11) is 0. The molecule has 2 aromatic rings. The molecule has 0 saturated carbocycles. The van der Waals surface area contributed by atoms with Crippen molar-refractivity contribution in [3.8, 4) is 17.2 Å². The topological polar surface area (TPSA) is 125 Å². The fraction of sp³-hybridized carbons (Fsp3) is 0.480. The molecule has 4 heterocycles. The third-order valence-corrected chi connectivity index (χ3v) is 6.28. The van der Waals surface area contributed by atoms with Crippen molar-refractivity contribution in [3.05, 3.63) is 41.3 Å². The Kier molecular flexibility index (Phi) is 6.42. The molecule has 2 N–H and O–H groups in total. The van der Waals surface area contributed by atoms with Gasteiger partial charge in [0.2, 0.25) is 0 Å². The van der Waals surface area contributed by atoms with Crippen LogP contribution in [0.2, 0.25) is 0 Å². The number of carbonyl (C=O) groups is 2. The van der Waals surface area contributed by atoms with Crippen LogP contribution in [-0.2, 0) is 11.2 Å². The summed E-state index contributed by atoms with van der Waals surface area (Å²) < 4.78 is 5.49. The second kappa shape index (κ2) is 9.29. The smallest absolute Gasteiger partial charge is 0.410 e. The van der Waals surface area contributed by atoms with E-state index in [1.807, 2.05) is 26.8 Å². The number of aromatic nitrogens is 2. The summed E-state index contributed by atoms with van der Waals surface area (Å²) in [5, 5.41) is 10.1. The molecule has 0 spiro atoms. The highest BCUT2D eigenvalue weighted by Crippen LogP contribution is 2.36. The number of pyridine rings is 2. The Morgan fingerprint density at radius 1 is 1.18 bits per heavy atom. The highest BCUT2D eigenvalue weighted by Gasteiger charge is 2.30. The maximum absolute atomic E-state index is 12.4. The lowest BCUT2D eigenvalue weighted by Gasteiger charge is -2.34. The average Bonchev–Trinajstić information content (AvgIpc) is 2.81. The molecular weight excluding hydrogens is 432 g/mol. The van der Waals surface area contributed by atoms with E-state index in [2.05, 4.69) is 16.0 Å². The van der Waals surface area contributed by atoms with Gasteiger partial charge in [0.25, 0.3) is 0 Å². The van der Waals surface area contributed by atoms with Crippen molar-refractivity contribution in [2.75, 3.05) is 24.5 Å². The molecule has 0 atom stereocenters. The lowest BCUT2D eigenvalue weighted by Crippen LogP contribution is -2.41. The fourth-order valence-corrected chi connectivity index (χ4v) is 4.65. The van der Waals surface area contributed by atoms with Crippen LogP contribution >= 0.6 is 0 Å². The minimum absolute atomic E-state index is 0.122. The molecule has 3 amide bonds. The lowest BCUT2D eigenvalue weighted by atomic mass is 9.85. The largest absolute Gasteiger partial charge is 0.444 e. The number of aryl methyl sites for hydroxylation is 1. The maximum atomic E-state index is 12.4. The Morgan fingerprint density at radius 3 is 2.56 bits per heavy atom. The molecule has 9 nitrogen and oxygen atoms in total. The van der Waals surface area contributed by atoms with Crippen molar-refractivity contribution in [2.45, 2.75) is 58.0 Å². The number of hydrogen-bond acceptors (Lipinski definition) is 6. The third kappa shape index (κ3) is 4.81. The first-order valence-corrected chi connectivity index (χ1v) is 11.6. The number of nitrogens with zero attached hydrogens (tertiary/aromatic N) is 5. The molecule has 0 aliphatic carbocycles. The van der Waals surface area contributed by atoms with E-state index < -0.39 is 11.6 Å². The molecule has 0 radical (unpaired) electrons. The Balaban J connectivity index is 1.57. The number of likely N-dealkylation sites (tertiary alicyclic amines) is 1. The normalized spacial score (nSPS) is 16.5.